The van der Waals surface area contributed by atoms with Gasteiger partial charge in [-0.1, -0.05) is 42.0 Å². The van der Waals surface area contributed by atoms with Gasteiger partial charge in [0.15, 0.2) is 0 Å². The summed E-state index contributed by atoms with van der Waals surface area (Å²) in [7, 11) is 0. The first-order valence-electron chi connectivity index (χ1n) is 10.4. The Hall–Kier alpha value is -4.39. The van der Waals surface area contributed by atoms with Crippen molar-refractivity contribution < 1.29 is 23.9 Å². The van der Waals surface area contributed by atoms with Crippen molar-refractivity contribution in [2.75, 3.05) is 17.2 Å². The first kappa shape index (κ1) is 23.3. The fourth-order valence-electron chi connectivity index (χ4n) is 2.84. The van der Waals surface area contributed by atoms with E-state index in [2.05, 4.69) is 10.6 Å². The molecule has 0 fully saturated rings. The lowest BCUT2D eigenvalue weighted by Crippen LogP contribution is -2.15. The quantitative estimate of drug-likeness (QED) is 0.288. The molecule has 0 saturated carbocycles. The first-order valence-corrected chi connectivity index (χ1v) is 10.4. The van der Waals surface area contributed by atoms with Gasteiger partial charge >= 0.3 is 6.16 Å². The van der Waals surface area contributed by atoms with Crippen molar-refractivity contribution in [2.24, 2.45) is 0 Å². The van der Waals surface area contributed by atoms with Crippen LogP contribution in [0.15, 0.2) is 78.9 Å². The van der Waals surface area contributed by atoms with Crippen molar-refractivity contribution in [1.29, 1.82) is 0 Å². The van der Waals surface area contributed by atoms with Crippen LogP contribution in [0.1, 0.15) is 28.4 Å². The van der Waals surface area contributed by atoms with E-state index in [-0.39, 0.29) is 24.2 Å². The Labute approximate surface area is 192 Å². The fraction of sp³-hybridized carbons (Fsp3) is 0.115. The third-order valence-corrected chi connectivity index (χ3v) is 4.52. The summed E-state index contributed by atoms with van der Waals surface area (Å²) in [6.07, 6.45) is 2.34. The van der Waals surface area contributed by atoms with Gasteiger partial charge in [-0.3, -0.25) is 9.59 Å². The highest BCUT2D eigenvalue weighted by atomic mass is 16.7. The monoisotopic (exact) mass is 444 g/mol. The molecule has 7 heteroatoms. The second-order valence-electron chi connectivity index (χ2n) is 7.04. The van der Waals surface area contributed by atoms with Crippen molar-refractivity contribution in [3.8, 4) is 5.75 Å². The van der Waals surface area contributed by atoms with Crippen molar-refractivity contribution in [3.05, 3.63) is 95.6 Å². The molecule has 0 aliphatic carbocycles. The molecule has 3 rings (SSSR count). The van der Waals surface area contributed by atoms with E-state index >= 15 is 0 Å². The van der Waals surface area contributed by atoms with Crippen molar-refractivity contribution in [2.45, 2.75) is 13.8 Å². The molecule has 0 aromatic heterocycles. The molecule has 33 heavy (non-hydrogen) atoms. The minimum atomic E-state index is -0.809. The van der Waals surface area contributed by atoms with Gasteiger partial charge in [-0.05, 0) is 61.9 Å². The number of ether oxygens (including phenoxy) is 2. The number of aryl methyl sites for hydroxylation is 1. The number of para-hydroxylation sites is 2. The third kappa shape index (κ3) is 7.07. The summed E-state index contributed by atoms with van der Waals surface area (Å²) in [5, 5.41) is 5.56. The van der Waals surface area contributed by atoms with Gasteiger partial charge < -0.3 is 20.1 Å². The normalized spacial score (nSPS) is 10.5. The molecule has 2 N–H and O–H groups in total. The van der Waals surface area contributed by atoms with E-state index in [1.165, 1.54) is 30.3 Å². The summed E-state index contributed by atoms with van der Waals surface area (Å²) in [4.78, 5) is 36.4. The van der Waals surface area contributed by atoms with Crippen LogP contribution in [0.25, 0.3) is 6.08 Å². The van der Waals surface area contributed by atoms with Gasteiger partial charge in [0.1, 0.15) is 5.75 Å². The Morgan fingerprint density at radius 3 is 2.12 bits per heavy atom. The zero-order valence-electron chi connectivity index (χ0n) is 18.3. The number of amides is 2. The lowest BCUT2D eigenvalue weighted by atomic mass is 10.1. The maximum Gasteiger partial charge on any atom is 0.513 e. The van der Waals surface area contributed by atoms with Gasteiger partial charge in [-0.15, -0.1) is 0 Å². The highest BCUT2D eigenvalue weighted by molar-refractivity contribution is 6.09. The van der Waals surface area contributed by atoms with Crippen molar-refractivity contribution in [1.82, 2.24) is 0 Å². The maximum absolute atomic E-state index is 12.7. The molecule has 0 radical (unpaired) electrons. The van der Waals surface area contributed by atoms with Crippen LogP contribution in [0.4, 0.5) is 16.2 Å². The van der Waals surface area contributed by atoms with E-state index in [0.717, 1.165) is 11.1 Å². The summed E-state index contributed by atoms with van der Waals surface area (Å²) in [6, 6.07) is 20.7. The first-order chi connectivity index (χ1) is 15.9. The number of carbonyl (C=O) groups excluding carboxylic acids is 3. The molecule has 0 atom stereocenters. The highest BCUT2D eigenvalue weighted by Crippen LogP contribution is 2.22. The molecule has 168 valence electrons. The van der Waals surface area contributed by atoms with E-state index < -0.39 is 6.16 Å². The largest absolute Gasteiger partial charge is 0.513 e. The molecule has 3 aromatic carbocycles. The average molecular weight is 444 g/mol. The lowest BCUT2D eigenvalue weighted by molar-refractivity contribution is -0.111. The second-order valence-corrected chi connectivity index (χ2v) is 7.04. The molecule has 0 unspecified atom stereocenters. The standard InChI is InChI=1S/C26H24N2O5/c1-3-32-26(31)33-21-15-13-20(14-16-21)25(30)28-23-7-5-4-6-22(23)27-24(29)17-12-19-10-8-18(2)9-11-19/h4-17H,3H2,1-2H3,(H,27,29)(H,28,30)/b17-12+. The average Bonchev–Trinajstić information content (AvgIpc) is 2.80. The Morgan fingerprint density at radius 1 is 0.848 bits per heavy atom. The van der Waals surface area contributed by atoms with Gasteiger partial charge in [0.2, 0.25) is 5.91 Å². The van der Waals surface area contributed by atoms with E-state index in [1.54, 1.807) is 37.3 Å². The maximum atomic E-state index is 12.7. The summed E-state index contributed by atoms with van der Waals surface area (Å²) in [5.74, 6) is -0.439. The summed E-state index contributed by atoms with van der Waals surface area (Å²) in [5.41, 5.74) is 3.32. The van der Waals surface area contributed by atoms with Crippen LogP contribution in [0.2, 0.25) is 0 Å². The number of benzene rings is 3. The van der Waals surface area contributed by atoms with E-state index in [0.29, 0.717) is 16.9 Å². The highest BCUT2D eigenvalue weighted by Gasteiger charge is 2.11. The van der Waals surface area contributed by atoms with E-state index in [1.807, 2.05) is 31.2 Å². The van der Waals surface area contributed by atoms with Gasteiger partial charge in [-0.2, -0.15) is 0 Å². The minimum Gasteiger partial charge on any atom is -0.434 e. The van der Waals surface area contributed by atoms with Crippen LogP contribution >= 0.6 is 0 Å². The van der Waals surface area contributed by atoms with Crippen LogP contribution in [0.3, 0.4) is 0 Å². The Morgan fingerprint density at radius 2 is 1.48 bits per heavy atom. The van der Waals surface area contributed by atoms with E-state index in [4.69, 9.17) is 9.47 Å². The minimum absolute atomic E-state index is 0.205. The van der Waals surface area contributed by atoms with Gasteiger partial charge in [0.25, 0.3) is 5.91 Å². The molecule has 0 aliphatic heterocycles. The molecular formula is C26H24N2O5. The van der Waals surface area contributed by atoms with E-state index in [9.17, 15) is 14.4 Å². The molecule has 0 heterocycles. The number of anilines is 2. The van der Waals surface area contributed by atoms with Crippen LogP contribution < -0.4 is 15.4 Å². The predicted octanol–water partition coefficient (Wildman–Crippen LogP) is 5.43. The van der Waals surface area contributed by atoms with Crippen molar-refractivity contribution >= 4 is 35.4 Å². The fourth-order valence-corrected chi connectivity index (χ4v) is 2.84. The molecule has 0 aliphatic rings. The number of hydrogen-bond acceptors (Lipinski definition) is 5. The lowest BCUT2D eigenvalue weighted by Gasteiger charge is -2.12. The Balaban J connectivity index is 1.63. The van der Waals surface area contributed by atoms with Gasteiger partial charge in [0, 0.05) is 11.6 Å². The summed E-state index contributed by atoms with van der Waals surface area (Å²) < 4.78 is 9.70. The summed E-state index contributed by atoms with van der Waals surface area (Å²) in [6.45, 7) is 3.88. The predicted molar refractivity (Wildman–Crippen MR) is 127 cm³/mol. The zero-order chi connectivity index (χ0) is 23.6. The zero-order valence-corrected chi connectivity index (χ0v) is 18.3. The second kappa shape index (κ2) is 11.3. The van der Waals surface area contributed by atoms with Crippen LogP contribution in [-0.2, 0) is 9.53 Å². The van der Waals surface area contributed by atoms with Crippen LogP contribution in [0.5, 0.6) is 5.75 Å². The summed E-state index contributed by atoms with van der Waals surface area (Å²) >= 11 is 0. The van der Waals surface area contributed by atoms with Crippen LogP contribution in [0, 0.1) is 6.92 Å². The van der Waals surface area contributed by atoms with Crippen LogP contribution in [-0.4, -0.2) is 24.6 Å². The molecule has 7 nitrogen and oxygen atoms in total. The van der Waals surface area contributed by atoms with Gasteiger partial charge in [-0.25, -0.2) is 4.79 Å². The molecule has 0 bridgehead atoms. The molecule has 0 saturated heterocycles. The third-order valence-electron chi connectivity index (χ3n) is 4.52. The Kier molecular flexibility index (Phi) is 7.96. The smallest absolute Gasteiger partial charge is 0.434 e. The molecule has 0 spiro atoms. The molecule has 3 aromatic rings. The number of nitrogens with one attached hydrogen (secondary N) is 2. The van der Waals surface area contributed by atoms with Crippen molar-refractivity contribution in [3.63, 3.8) is 0 Å². The SMILES string of the molecule is CCOC(=O)Oc1ccc(C(=O)Nc2ccccc2NC(=O)/C=C/c2ccc(C)cc2)cc1. The molecular weight excluding hydrogens is 420 g/mol. The van der Waals surface area contributed by atoms with Gasteiger partial charge in [0.05, 0.1) is 18.0 Å². The number of rotatable bonds is 7. The number of hydrogen-bond donors (Lipinski definition) is 2. The number of carbonyl (C=O) groups is 3. The molecule has 2 amide bonds. The topological polar surface area (TPSA) is 93.7 Å². The Bertz CT molecular complexity index is 1150.